The van der Waals surface area contributed by atoms with Gasteiger partial charge >= 0.3 is 0 Å². The molecule has 1 aromatic heterocycles. The van der Waals surface area contributed by atoms with E-state index < -0.39 is 0 Å². The third-order valence-electron chi connectivity index (χ3n) is 5.40. The van der Waals surface area contributed by atoms with E-state index in [2.05, 4.69) is 32.4 Å². The van der Waals surface area contributed by atoms with E-state index in [1.54, 1.807) is 13.1 Å². The number of halogens is 1. The molecule has 2 fully saturated rings. The number of hydrogen-bond acceptors (Lipinski definition) is 5. The number of nitrogens with zero attached hydrogens (tertiary/aromatic N) is 3. The zero-order valence-corrected chi connectivity index (χ0v) is 15.9. The van der Waals surface area contributed by atoms with Crippen molar-refractivity contribution in [3.63, 3.8) is 0 Å². The summed E-state index contributed by atoms with van der Waals surface area (Å²) in [7, 11) is 1.77. The van der Waals surface area contributed by atoms with Crippen LogP contribution >= 0.6 is 11.6 Å². The molecule has 3 rings (SSSR count). The van der Waals surface area contributed by atoms with Crippen LogP contribution in [0.3, 0.4) is 0 Å². The molecule has 2 atom stereocenters. The van der Waals surface area contributed by atoms with Gasteiger partial charge in [-0.15, -0.1) is 0 Å². The highest BCUT2D eigenvalue weighted by Gasteiger charge is 2.32. The van der Waals surface area contributed by atoms with Crippen LogP contribution in [-0.4, -0.2) is 41.6 Å². The van der Waals surface area contributed by atoms with Crippen molar-refractivity contribution in [2.75, 3.05) is 23.8 Å². The fourth-order valence-electron chi connectivity index (χ4n) is 3.87. The van der Waals surface area contributed by atoms with Crippen molar-refractivity contribution >= 4 is 29.3 Å². The Balaban J connectivity index is 1.68. The van der Waals surface area contributed by atoms with Gasteiger partial charge in [0.15, 0.2) is 0 Å². The highest BCUT2D eigenvalue weighted by Crippen LogP contribution is 2.29. The second-order valence-electron chi connectivity index (χ2n) is 7.24. The summed E-state index contributed by atoms with van der Waals surface area (Å²) in [6, 6.07) is 2.47. The predicted molar refractivity (Wildman–Crippen MR) is 101 cm³/mol. The van der Waals surface area contributed by atoms with Crippen LogP contribution in [0.25, 0.3) is 0 Å². The number of amides is 1. The van der Waals surface area contributed by atoms with Crippen LogP contribution in [0.1, 0.15) is 51.9 Å². The third kappa shape index (κ3) is 4.54. The Bertz CT molecular complexity index is 605. The maximum Gasteiger partial charge on any atom is 0.225 e. The molecule has 0 spiro atoms. The summed E-state index contributed by atoms with van der Waals surface area (Å²) in [5.41, 5.74) is 0. The maximum atomic E-state index is 12.7. The van der Waals surface area contributed by atoms with E-state index in [4.69, 9.17) is 11.6 Å². The van der Waals surface area contributed by atoms with E-state index in [0.29, 0.717) is 29.7 Å². The van der Waals surface area contributed by atoms with Crippen LogP contribution in [0.5, 0.6) is 0 Å². The molecule has 0 radical (unpaired) electrons. The number of piperidine rings is 1. The first-order chi connectivity index (χ1) is 12.1. The molecule has 2 N–H and O–H groups in total. The third-order valence-corrected chi connectivity index (χ3v) is 5.60. The lowest BCUT2D eigenvalue weighted by molar-refractivity contribution is -0.126. The van der Waals surface area contributed by atoms with E-state index in [1.165, 1.54) is 19.3 Å². The van der Waals surface area contributed by atoms with Gasteiger partial charge in [0.25, 0.3) is 0 Å². The quantitative estimate of drug-likeness (QED) is 0.801. The Morgan fingerprint density at radius 1 is 1.20 bits per heavy atom. The molecule has 2 aliphatic rings. The predicted octanol–water partition coefficient (Wildman–Crippen LogP) is 3.23. The van der Waals surface area contributed by atoms with Crippen molar-refractivity contribution < 1.29 is 4.79 Å². The van der Waals surface area contributed by atoms with Gasteiger partial charge in [0, 0.05) is 31.7 Å². The van der Waals surface area contributed by atoms with Crippen LogP contribution in [0, 0.1) is 5.92 Å². The van der Waals surface area contributed by atoms with Gasteiger partial charge in [-0.1, -0.05) is 30.9 Å². The molecule has 25 heavy (non-hydrogen) atoms. The first-order valence-corrected chi connectivity index (χ1v) is 9.74. The molecule has 6 nitrogen and oxygen atoms in total. The average Bonchev–Trinajstić information content (AvgIpc) is 2.62. The number of aromatic nitrogens is 2. The topological polar surface area (TPSA) is 70.2 Å². The lowest BCUT2D eigenvalue weighted by Gasteiger charge is -2.39. The minimum atomic E-state index is 0.00454. The molecule has 7 heteroatoms. The van der Waals surface area contributed by atoms with E-state index in [9.17, 15) is 4.79 Å². The Kier molecular flexibility index (Phi) is 5.99. The molecular formula is C18H28ClN5O. The number of carbonyl (C=O) groups is 1. The minimum Gasteiger partial charge on any atom is -0.357 e. The summed E-state index contributed by atoms with van der Waals surface area (Å²) in [5, 5.41) is 6.62. The van der Waals surface area contributed by atoms with E-state index >= 15 is 0 Å². The molecule has 1 saturated heterocycles. The standard InChI is InChI=1S/C18H28ClN5O/c1-12-8-9-13(17(25)21-14-6-4-3-5-7-14)11-24(12)16-10-15(19)22-18(20-2)23-16/h10,12-14H,3-9,11H2,1-2H3,(H,21,25)(H,20,22,23)/t12-,13-/m0/s1. The molecule has 0 aromatic carbocycles. The van der Waals surface area contributed by atoms with Crippen LogP contribution < -0.4 is 15.5 Å². The lowest BCUT2D eigenvalue weighted by atomic mass is 9.91. The van der Waals surface area contributed by atoms with Gasteiger partial charge < -0.3 is 15.5 Å². The summed E-state index contributed by atoms with van der Waals surface area (Å²) in [4.78, 5) is 23.6. The summed E-state index contributed by atoms with van der Waals surface area (Å²) in [5.74, 6) is 1.48. The van der Waals surface area contributed by atoms with Crippen molar-refractivity contribution in [1.29, 1.82) is 0 Å². The van der Waals surface area contributed by atoms with E-state index in [1.807, 2.05) is 0 Å². The molecule has 1 aliphatic carbocycles. The van der Waals surface area contributed by atoms with Gasteiger partial charge in [0.1, 0.15) is 11.0 Å². The van der Waals surface area contributed by atoms with Crippen molar-refractivity contribution in [2.45, 2.75) is 64.0 Å². The number of rotatable bonds is 4. The van der Waals surface area contributed by atoms with Gasteiger partial charge in [-0.25, -0.2) is 4.98 Å². The Labute approximate surface area is 154 Å². The van der Waals surface area contributed by atoms with Crippen molar-refractivity contribution in [1.82, 2.24) is 15.3 Å². The number of hydrogen-bond donors (Lipinski definition) is 2. The first kappa shape index (κ1) is 18.2. The largest absolute Gasteiger partial charge is 0.357 e. The fourth-order valence-corrected chi connectivity index (χ4v) is 4.05. The Morgan fingerprint density at radius 2 is 1.96 bits per heavy atom. The van der Waals surface area contributed by atoms with Crippen LogP contribution in [0.2, 0.25) is 5.15 Å². The number of nitrogens with one attached hydrogen (secondary N) is 2. The van der Waals surface area contributed by atoms with E-state index in [0.717, 1.165) is 31.5 Å². The minimum absolute atomic E-state index is 0.00454. The summed E-state index contributed by atoms with van der Waals surface area (Å²) in [6.07, 6.45) is 7.88. The van der Waals surface area contributed by atoms with Gasteiger partial charge in [0.2, 0.25) is 11.9 Å². The van der Waals surface area contributed by atoms with Crippen LogP contribution in [-0.2, 0) is 4.79 Å². The van der Waals surface area contributed by atoms with Gasteiger partial charge in [0.05, 0.1) is 5.92 Å². The monoisotopic (exact) mass is 365 g/mol. The SMILES string of the molecule is CNc1nc(Cl)cc(N2C[C@@H](C(=O)NC3CCCCC3)CC[C@@H]2C)n1. The molecular weight excluding hydrogens is 338 g/mol. The molecule has 1 saturated carbocycles. The zero-order chi connectivity index (χ0) is 17.8. The molecule has 0 bridgehead atoms. The van der Waals surface area contributed by atoms with Crippen molar-refractivity contribution in [3.8, 4) is 0 Å². The van der Waals surface area contributed by atoms with E-state index in [-0.39, 0.29) is 11.8 Å². The summed E-state index contributed by atoms with van der Waals surface area (Å²) >= 11 is 6.13. The van der Waals surface area contributed by atoms with Gasteiger partial charge in [-0.2, -0.15) is 4.98 Å². The maximum absolute atomic E-state index is 12.7. The smallest absolute Gasteiger partial charge is 0.225 e. The first-order valence-electron chi connectivity index (χ1n) is 9.36. The molecule has 1 amide bonds. The Hall–Kier alpha value is -1.56. The van der Waals surface area contributed by atoms with Gasteiger partial charge in [-0.3, -0.25) is 4.79 Å². The number of carbonyl (C=O) groups excluding carboxylic acids is 1. The second kappa shape index (κ2) is 8.21. The van der Waals surface area contributed by atoms with Crippen LogP contribution in [0.4, 0.5) is 11.8 Å². The Morgan fingerprint density at radius 3 is 2.68 bits per heavy atom. The molecule has 0 unspecified atom stereocenters. The normalized spacial score (nSPS) is 24.8. The highest BCUT2D eigenvalue weighted by atomic mass is 35.5. The van der Waals surface area contributed by atoms with Crippen LogP contribution in [0.15, 0.2) is 6.07 Å². The van der Waals surface area contributed by atoms with Crippen molar-refractivity contribution in [3.05, 3.63) is 11.2 Å². The highest BCUT2D eigenvalue weighted by molar-refractivity contribution is 6.29. The lowest BCUT2D eigenvalue weighted by Crippen LogP contribution is -2.49. The summed E-state index contributed by atoms with van der Waals surface area (Å²) < 4.78 is 0. The molecule has 138 valence electrons. The molecule has 2 heterocycles. The van der Waals surface area contributed by atoms with Gasteiger partial charge in [-0.05, 0) is 32.6 Å². The summed E-state index contributed by atoms with van der Waals surface area (Å²) in [6.45, 7) is 2.85. The van der Waals surface area contributed by atoms with Crippen molar-refractivity contribution in [2.24, 2.45) is 5.92 Å². The second-order valence-corrected chi connectivity index (χ2v) is 7.63. The average molecular weight is 366 g/mol. The molecule has 1 aliphatic heterocycles. The number of anilines is 2. The fraction of sp³-hybridized carbons (Fsp3) is 0.722. The molecule has 1 aromatic rings. The zero-order valence-electron chi connectivity index (χ0n) is 15.1.